The molecular weight excluding hydrogens is 280 g/mol. The number of hydrogen-bond acceptors (Lipinski definition) is 1. The predicted molar refractivity (Wildman–Crippen MR) is 96.1 cm³/mol. The van der Waals surface area contributed by atoms with Crippen LogP contribution in [0, 0.1) is 34.5 Å². The average Bonchev–Trinajstić information content (AvgIpc) is 2.79. The predicted octanol–water partition coefficient (Wildman–Crippen LogP) is 5.73. The van der Waals surface area contributed by atoms with E-state index in [2.05, 4.69) is 27.7 Å². The van der Waals surface area contributed by atoms with E-state index in [4.69, 9.17) is 0 Å². The van der Waals surface area contributed by atoms with Crippen LogP contribution in [0.15, 0.2) is 11.1 Å². The first-order valence-electron chi connectivity index (χ1n) is 10.2. The van der Waals surface area contributed by atoms with E-state index in [0.29, 0.717) is 5.41 Å². The van der Waals surface area contributed by atoms with Crippen molar-refractivity contribution in [3.63, 3.8) is 0 Å². The van der Waals surface area contributed by atoms with Crippen LogP contribution in [0.4, 0.5) is 0 Å². The molecule has 130 valence electrons. The van der Waals surface area contributed by atoms with E-state index in [1.807, 2.05) is 0 Å². The molecule has 0 amide bonds. The van der Waals surface area contributed by atoms with Crippen molar-refractivity contribution in [1.82, 2.24) is 0 Å². The van der Waals surface area contributed by atoms with Gasteiger partial charge < -0.3 is 5.11 Å². The molecule has 1 heteroatoms. The van der Waals surface area contributed by atoms with Gasteiger partial charge in [-0.15, -0.1) is 0 Å². The fourth-order valence-corrected chi connectivity index (χ4v) is 7.59. The largest absolute Gasteiger partial charge is 0.388 e. The third-order valence-corrected chi connectivity index (χ3v) is 9.06. The van der Waals surface area contributed by atoms with E-state index in [1.165, 1.54) is 68.9 Å². The molecule has 0 unspecified atom stereocenters. The summed E-state index contributed by atoms with van der Waals surface area (Å²) in [6.07, 6.45) is 12.4. The molecule has 4 fully saturated rings. The van der Waals surface area contributed by atoms with Gasteiger partial charge in [-0.1, -0.05) is 32.3 Å². The maximum absolute atomic E-state index is 11.0. The van der Waals surface area contributed by atoms with E-state index in [1.54, 1.807) is 0 Å². The Balaban J connectivity index is 1.68. The summed E-state index contributed by atoms with van der Waals surface area (Å²) < 4.78 is 0. The molecule has 23 heavy (non-hydrogen) atoms. The number of aliphatic hydroxyl groups excluding tert-OH is 1. The quantitative estimate of drug-likeness (QED) is 0.566. The topological polar surface area (TPSA) is 20.2 Å². The van der Waals surface area contributed by atoms with Crippen molar-refractivity contribution in [2.45, 2.75) is 91.6 Å². The lowest BCUT2D eigenvalue weighted by atomic mass is 9.45. The number of aliphatic hydroxyl groups is 1. The van der Waals surface area contributed by atoms with Crippen LogP contribution in [0.1, 0.15) is 85.5 Å². The van der Waals surface area contributed by atoms with Crippen LogP contribution < -0.4 is 0 Å². The zero-order valence-corrected chi connectivity index (χ0v) is 15.7. The summed E-state index contributed by atoms with van der Waals surface area (Å²) in [6, 6.07) is 0. The molecule has 0 saturated heterocycles. The number of fused-ring (bicyclic) bond motifs is 5. The summed E-state index contributed by atoms with van der Waals surface area (Å²) in [5.74, 6) is 3.54. The van der Waals surface area contributed by atoms with Gasteiger partial charge in [-0.05, 0) is 93.5 Å². The van der Waals surface area contributed by atoms with Crippen molar-refractivity contribution in [2.24, 2.45) is 34.5 Å². The lowest BCUT2D eigenvalue weighted by molar-refractivity contribution is -0.119. The van der Waals surface area contributed by atoms with Crippen LogP contribution in [-0.4, -0.2) is 11.2 Å². The molecule has 1 nitrogen and oxygen atoms in total. The smallest absolute Gasteiger partial charge is 0.0809 e. The molecule has 0 aromatic heterocycles. The summed E-state index contributed by atoms with van der Waals surface area (Å²) in [7, 11) is 0. The highest BCUT2D eigenvalue weighted by Gasteiger charge is 2.60. The summed E-state index contributed by atoms with van der Waals surface area (Å²) in [5.41, 5.74) is 3.53. The molecule has 7 atom stereocenters. The molecular formula is C22H36O. The Kier molecular flexibility index (Phi) is 3.76. The SMILES string of the molecule is CC(C)=C1C[C@@H]2[C@@H]3CC[C@@H]4CCCC[C@]4(C)[C@@H]3CC[C@]2(C)[C@@H]1O. The zero-order valence-electron chi connectivity index (χ0n) is 15.7. The zero-order chi connectivity index (χ0) is 16.4. The van der Waals surface area contributed by atoms with Gasteiger partial charge in [-0.25, -0.2) is 0 Å². The molecule has 0 aromatic rings. The Morgan fingerprint density at radius 2 is 1.70 bits per heavy atom. The Morgan fingerprint density at radius 3 is 2.43 bits per heavy atom. The molecule has 4 rings (SSSR count). The van der Waals surface area contributed by atoms with Gasteiger partial charge in [-0.2, -0.15) is 0 Å². The summed E-state index contributed by atoms with van der Waals surface area (Å²) in [4.78, 5) is 0. The second kappa shape index (κ2) is 5.35. The molecule has 0 heterocycles. The first-order valence-corrected chi connectivity index (χ1v) is 10.2. The van der Waals surface area contributed by atoms with Crippen molar-refractivity contribution in [3.8, 4) is 0 Å². The molecule has 0 aliphatic heterocycles. The van der Waals surface area contributed by atoms with Gasteiger partial charge in [0.25, 0.3) is 0 Å². The second-order valence-electron chi connectivity index (χ2n) is 10.1. The first-order chi connectivity index (χ1) is 10.9. The van der Waals surface area contributed by atoms with Crippen LogP contribution in [0.25, 0.3) is 0 Å². The monoisotopic (exact) mass is 316 g/mol. The molecule has 0 aromatic carbocycles. The van der Waals surface area contributed by atoms with Gasteiger partial charge >= 0.3 is 0 Å². The van der Waals surface area contributed by atoms with Gasteiger partial charge in [0.05, 0.1) is 6.10 Å². The number of rotatable bonds is 0. The second-order valence-corrected chi connectivity index (χ2v) is 10.1. The first kappa shape index (κ1) is 16.2. The van der Waals surface area contributed by atoms with Gasteiger partial charge in [0.15, 0.2) is 0 Å². The van der Waals surface area contributed by atoms with Crippen LogP contribution in [0.5, 0.6) is 0 Å². The summed E-state index contributed by atoms with van der Waals surface area (Å²) >= 11 is 0. The average molecular weight is 317 g/mol. The van der Waals surface area contributed by atoms with E-state index in [9.17, 15) is 5.11 Å². The van der Waals surface area contributed by atoms with Crippen molar-refractivity contribution in [2.75, 3.05) is 0 Å². The van der Waals surface area contributed by atoms with Gasteiger partial charge in [0.2, 0.25) is 0 Å². The highest BCUT2D eigenvalue weighted by molar-refractivity contribution is 5.27. The van der Waals surface area contributed by atoms with Crippen LogP contribution in [0.2, 0.25) is 0 Å². The van der Waals surface area contributed by atoms with Crippen molar-refractivity contribution < 1.29 is 5.11 Å². The van der Waals surface area contributed by atoms with Crippen LogP contribution in [0.3, 0.4) is 0 Å². The highest BCUT2D eigenvalue weighted by atomic mass is 16.3. The fraction of sp³-hybridized carbons (Fsp3) is 0.909. The molecule has 4 saturated carbocycles. The summed E-state index contributed by atoms with van der Waals surface area (Å²) in [5, 5.41) is 11.0. The van der Waals surface area contributed by atoms with Crippen molar-refractivity contribution in [3.05, 3.63) is 11.1 Å². The molecule has 4 aliphatic carbocycles. The Bertz CT molecular complexity index is 516. The van der Waals surface area contributed by atoms with Gasteiger partial charge in [0.1, 0.15) is 0 Å². The molecule has 0 radical (unpaired) electrons. The summed E-state index contributed by atoms with van der Waals surface area (Å²) in [6.45, 7) is 9.46. The Morgan fingerprint density at radius 1 is 0.913 bits per heavy atom. The van der Waals surface area contributed by atoms with E-state index >= 15 is 0 Å². The van der Waals surface area contributed by atoms with E-state index in [0.717, 1.165) is 23.7 Å². The Labute approximate surface area is 142 Å². The molecule has 0 bridgehead atoms. The number of hydrogen-bond donors (Lipinski definition) is 1. The lowest BCUT2D eigenvalue weighted by Gasteiger charge is -2.60. The minimum absolute atomic E-state index is 0.158. The fourth-order valence-electron chi connectivity index (χ4n) is 7.59. The minimum Gasteiger partial charge on any atom is -0.388 e. The van der Waals surface area contributed by atoms with Crippen molar-refractivity contribution in [1.29, 1.82) is 0 Å². The third-order valence-electron chi connectivity index (χ3n) is 9.06. The van der Waals surface area contributed by atoms with Gasteiger partial charge in [0, 0.05) is 5.41 Å². The molecule has 1 N–H and O–H groups in total. The third kappa shape index (κ3) is 2.14. The van der Waals surface area contributed by atoms with Crippen LogP contribution in [-0.2, 0) is 0 Å². The van der Waals surface area contributed by atoms with Crippen molar-refractivity contribution >= 4 is 0 Å². The normalized spacial score (nSPS) is 52.6. The number of allylic oxidation sites excluding steroid dienone is 1. The van der Waals surface area contributed by atoms with Crippen LogP contribution >= 0.6 is 0 Å². The maximum Gasteiger partial charge on any atom is 0.0809 e. The van der Waals surface area contributed by atoms with E-state index in [-0.39, 0.29) is 11.5 Å². The highest BCUT2D eigenvalue weighted by Crippen LogP contribution is 2.67. The minimum atomic E-state index is -0.171. The Hall–Kier alpha value is -0.300. The standard InChI is InChI=1S/C22H36O/c1-14(2)17-13-19-16-9-8-15-7-5-6-11-21(15,3)18(16)10-12-22(19,4)20(17)23/h15-16,18-20,23H,5-13H2,1-4H3/t15-,16+,18+,19+,20+,21-,22-/m0/s1. The van der Waals surface area contributed by atoms with Gasteiger partial charge in [-0.3, -0.25) is 0 Å². The molecule has 4 aliphatic rings. The lowest BCUT2D eigenvalue weighted by Crippen LogP contribution is -2.53. The molecule has 0 spiro atoms. The van der Waals surface area contributed by atoms with E-state index < -0.39 is 0 Å². The maximum atomic E-state index is 11.0.